The smallest absolute Gasteiger partial charge is 0.262 e. The molecule has 1 amide bonds. The number of rotatable bonds is 6. The van der Waals surface area contributed by atoms with Gasteiger partial charge in [0.05, 0.1) is 10.9 Å². The molecule has 0 bridgehead atoms. The lowest BCUT2D eigenvalue weighted by molar-refractivity contribution is -0.255. The van der Waals surface area contributed by atoms with Crippen molar-refractivity contribution >= 4 is 33.3 Å². The monoisotopic (exact) mass is 409 g/mol. The minimum Gasteiger partial charge on any atom is -0.545 e. The van der Waals surface area contributed by atoms with Crippen molar-refractivity contribution in [3.05, 3.63) is 89.5 Å². The van der Waals surface area contributed by atoms with E-state index in [2.05, 4.69) is 10.0 Å². The molecule has 0 saturated carbocycles. The standard InChI is InChI=1S/C21H18N2O5S/c1-14-10-11-15(20(24)22-18-9-5-6-16(12-18)21(25)26)13-19(14)29(27,28)23-17-7-3-2-4-8-17/h2-13,23H,1H3,(H,22,24)(H,25,26)/p-1. The Labute approximate surface area is 168 Å². The average Bonchev–Trinajstić information content (AvgIpc) is 2.68. The third kappa shape index (κ3) is 4.80. The van der Waals surface area contributed by atoms with Gasteiger partial charge in [0.15, 0.2) is 0 Å². The Balaban J connectivity index is 1.87. The van der Waals surface area contributed by atoms with E-state index in [1.54, 1.807) is 37.3 Å². The van der Waals surface area contributed by atoms with Crippen LogP contribution in [0, 0.1) is 6.92 Å². The van der Waals surface area contributed by atoms with Crippen molar-refractivity contribution in [1.29, 1.82) is 0 Å². The lowest BCUT2D eigenvalue weighted by Crippen LogP contribution is -2.22. The van der Waals surface area contributed by atoms with Crippen molar-refractivity contribution in [2.24, 2.45) is 0 Å². The van der Waals surface area contributed by atoms with E-state index >= 15 is 0 Å². The molecule has 0 aliphatic rings. The molecule has 0 aromatic heterocycles. The summed E-state index contributed by atoms with van der Waals surface area (Å²) in [6, 6.07) is 18.3. The van der Waals surface area contributed by atoms with E-state index in [-0.39, 0.29) is 21.7 Å². The number of benzene rings is 3. The molecule has 0 heterocycles. The first-order valence-electron chi connectivity index (χ1n) is 8.57. The summed E-state index contributed by atoms with van der Waals surface area (Å²) in [6.45, 7) is 1.63. The van der Waals surface area contributed by atoms with Crippen LogP contribution in [0.25, 0.3) is 0 Å². The van der Waals surface area contributed by atoms with E-state index in [1.165, 1.54) is 42.5 Å². The highest BCUT2D eigenvalue weighted by molar-refractivity contribution is 7.92. The molecule has 3 aromatic carbocycles. The lowest BCUT2D eigenvalue weighted by Gasteiger charge is -2.12. The maximum atomic E-state index is 12.8. The van der Waals surface area contributed by atoms with Gasteiger partial charge in [0.1, 0.15) is 0 Å². The number of sulfonamides is 1. The van der Waals surface area contributed by atoms with Gasteiger partial charge in [-0.2, -0.15) is 0 Å². The molecule has 0 fully saturated rings. The fraction of sp³-hybridized carbons (Fsp3) is 0.0476. The SMILES string of the molecule is Cc1ccc(C(=O)Nc2cccc(C(=O)[O-])c2)cc1S(=O)(=O)Nc1ccccc1. The van der Waals surface area contributed by atoms with Crippen molar-refractivity contribution in [1.82, 2.24) is 0 Å². The summed E-state index contributed by atoms with van der Waals surface area (Å²) in [6.07, 6.45) is 0. The van der Waals surface area contributed by atoms with Gasteiger partial charge in [-0.25, -0.2) is 8.42 Å². The predicted octanol–water partition coefficient (Wildman–Crippen LogP) is 2.41. The predicted molar refractivity (Wildman–Crippen MR) is 107 cm³/mol. The highest BCUT2D eigenvalue weighted by Crippen LogP contribution is 2.21. The van der Waals surface area contributed by atoms with Crippen LogP contribution in [-0.2, 0) is 10.0 Å². The third-order valence-corrected chi connectivity index (χ3v) is 5.65. The Kier molecular flexibility index (Phi) is 5.65. The van der Waals surface area contributed by atoms with Crippen LogP contribution in [0.1, 0.15) is 26.3 Å². The topological polar surface area (TPSA) is 115 Å². The first kappa shape index (κ1) is 20.1. The molecule has 0 saturated heterocycles. The van der Waals surface area contributed by atoms with Gasteiger partial charge in [-0.05, 0) is 54.4 Å². The molecule has 7 nitrogen and oxygen atoms in total. The van der Waals surface area contributed by atoms with Gasteiger partial charge in [0, 0.05) is 16.9 Å². The molecule has 0 aliphatic carbocycles. The second kappa shape index (κ2) is 8.15. The zero-order valence-electron chi connectivity index (χ0n) is 15.4. The Hall–Kier alpha value is -3.65. The number of aryl methyl sites for hydroxylation is 1. The molecule has 0 spiro atoms. The number of carbonyl (C=O) groups excluding carboxylic acids is 2. The maximum Gasteiger partial charge on any atom is 0.262 e. The minimum atomic E-state index is -3.91. The van der Waals surface area contributed by atoms with Gasteiger partial charge >= 0.3 is 0 Å². The van der Waals surface area contributed by atoms with Crippen LogP contribution in [0.4, 0.5) is 11.4 Å². The molecule has 148 valence electrons. The van der Waals surface area contributed by atoms with Crippen LogP contribution >= 0.6 is 0 Å². The first-order chi connectivity index (χ1) is 13.8. The minimum absolute atomic E-state index is 0.0301. The summed E-state index contributed by atoms with van der Waals surface area (Å²) < 4.78 is 28.0. The number of anilines is 2. The Morgan fingerprint density at radius 3 is 2.21 bits per heavy atom. The molecular formula is C21H17N2O5S-. The second-order valence-electron chi connectivity index (χ2n) is 6.27. The van der Waals surface area contributed by atoms with Crippen molar-refractivity contribution in [2.45, 2.75) is 11.8 Å². The molecule has 0 atom stereocenters. The summed E-state index contributed by atoms with van der Waals surface area (Å²) in [5.41, 5.74) is 1.17. The van der Waals surface area contributed by atoms with Crippen LogP contribution < -0.4 is 15.1 Å². The summed E-state index contributed by atoms with van der Waals surface area (Å²) in [5.74, 6) is -1.94. The molecule has 3 aromatic rings. The summed E-state index contributed by atoms with van der Waals surface area (Å²) in [4.78, 5) is 23.5. The number of amides is 1. The van der Waals surface area contributed by atoms with Gasteiger partial charge < -0.3 is 15.2 Å². The van der Waals surface area contributed by atoms with Gasteiger partial charge in [-0.1, -0.05) is 36.4 Å². The zero-order valence-corrected chi connectivity index (χ0v) is 16.2. The number of carbonyl (C=O) groups is 2. The number of carboxylic acid groups (broad SMARTS) is 1. The molecule has 8 heteroatoms. The van der Waals surface area contributed by atoms with Crippen LogP contribution in [0.3, 0.4) is 0 Å². The fourth-order valence-corrected chi connectivity index (χ4v) is 4.00. The van der Waals surface area contributed by atoms with Gasteiger partial charge in [-0.15, -0.1) is 0 Å². The van der Waals surface area contributed by atoms with Gasteiger partial charge in [-0.3, -0.25) is 9.52 Å². The molecule has 0 aliphatic heterocycles. The van der Waals surface area contributed by atoms with Crippen molar-refractivity contribution < 1.29 is 23.1 Å². The zero-order chi connectivity index (χ0) is 21.0. The summed E-state index contributed by atoms with van der Waals surface area (Å²) >= 11 is 0. The van der Waals surface area contributed by atoms with E-state index in [0.717, 1.165) is 0 Å². The van der Waals surface area contributed by atoms with E-state index in [0.29, 0.717) is 11.3 Å². The molecular weight excluding hydrogens is 392 g/mol. The van der Waals surface area contributed by atoms with Gasteiger partial charge in [0.2, 0.25) is 0 Å². The number of carboxylic acids is 1. The molecule has 29 heavy (non-hydrogen) atoms. The molecule has 3 rings (SSSR count). The van der Waals surface area contributed by atoms with Gasteiger partial charge in [0.25, 0.3) is 15.9 Å². The molecule has 2 N–H and O–H groups in total. The first-order valence-corrected chi connectivity index (χ1v) is 10.1. The van der Waals surface area contributed by atoms with E-state index in [9.17, 15) is 23.1 Å². The Bertz CT molecular complexity index is 1170. The normalized spacial score (nSPS) is 10.9. The van der Waals surface area contributed by atoms with Crippen LogP contribution in [0.15, 0.2) is 77.7 Å². The van der Waals surface area contributed by atoms with E-state index in [4.69, 9.17) is 0 Å². The highest BCUT2D eigenvalue weighted by Gasteiger charge is 2.19. The number of hydrogen-bond acceptors (Lipinski definition) is 5. The lowest BCUT2D eigenvalue weighted by atomic mass is 10.1. The Morgan fingerprint density at radius 1 is 0.828 bits per heavy atom. The van der Waals surface area contributed by atoms with Crippen molar-refractivity contribution in [2.75, 3.05) is 10.0 Å². The fourth-order valence-electron chi connectivity index (χ4n) is 2.67. The number of hydrogen-bond donors (Lipinski definition) is 2. The Morgan fingerprint density at radius 2 is 1.52 bits per heavy atom. The maximum absolute atomic E-state index is 12.8. The quantitative estimate of drug-likeness (QED) is 0.649. The number of nitrogens with one attached hydrogen (secondary N) is 2. The largest absolute Gasteiger partial charge is 0.545 e. The molecule has 0 radical (unpaired) electrons. The average molecular weight is 409 g/mol. The summed E-state index contributed by atoms with van der Waals surface area (Å²) in [5, 5.41) is 13.5. The van der Waals surface area contributed by atoms with Crippen molar-refractivity contribution in [3.8, 4) is 0 Å². The number of para-hydroxylation sites is 1. The summed E-state index contributed by atoms with van der Waals surface area (Å²) in [7, 11) is -3.91. The van der Waals surface area contributed by atoms with Crippen LogP contribution in [0.5, 0.6) is 0 Å². The van der Waals surface area contributed by atoms with Crippen molar-refractivity contribution in [3.63, 3.8) is 0 Å². The van der Waals surface area contributed by atoms with Crippen LogP contribution in [0.2, 0.25) is 0 Å². The second-order valence-corrected chi connectivity index (χ2v) is 7.93. The third-order valence-electron chi connectivity index (χ3n) is 4.12. The molecule has 0 unspecified atom stereocenters. The number of aromatic carboxylic acids is 1. The van der Waals surface area contributed by atoms with E-state index < -0.39 is 21.9 Å². The van der Waals surface area contributed by atoms with Crippen LogP contribution in [-0.4, -0.2) is 20.3 Å². The highest BCUT2D eigenvalue weighted by atomic mass is 32.2. The van der Waals surface area contributed by atoms with E-state index in [1.807, 2.05) is 0 Å².